The van der Waals surface area contributed by atoms with Gasteiger partial charge in [-0.1, -0.05) is 0 Å². The van der Waals surface area contributed by atoms with E-state index in [4.69, 9.17) is 20.4 Å². The van der Waals surface area contributed by atoms with Crippen LogP contribution in [0.15, 0.2) is 0 Å². The molecule has 0 aromatic carbocycles. The largest absolute Gasteiger partial charge is 0.390 e. The van der Waals surface area contributed by atoms with Crippen LogP contribution in [0.5, 0.6) is 0 Å². The smallest absolute Gasteiger partial charge is 0.194 e. The summed E-state index contributed by atoms with van der Waals surface area (Å²) in [5.74, 6) is -0.972. The summed E-state index contributed by atoms with van der Waals surface area (Å²) < 4.78 is 0. The zero-order chi connectivity index (χ0) is 9.89. The van der Waals surface area contributed by atoms with Crippen molar-refractivity contribution in [3.8, 4) is 0 Å². The van der Waals surface area contributed by atoms with Crippen molar-refractivity contribution in [1.29, 1.82) is 0 Å². The summed E-state index contributed by atoms with van der Waals surface area (Å²) in [6.45, 7) is 2.44. The van der Waals surface area contributed by atoms with Gasteiger partial charge in [0.05, 0.1) is 12.2 Å². The molecule has 0 saturated heterocycles. The number of carbonyl (C=O) groups excluding carboxylic acids is 1. The van der Waals surface area contributed by atoms with E-state index in [0.29, 0.717) is 0 Å². The van der Waals surface area contributed by atoms with Gasteiger partial charge < -0.3 is 20.4 Å². The highest BCUT2D eigenvalue weighted by atomic mass is 16.4. The first-order valence-electron chi connectivity index (χ1n) is 3.64. The first kappa shape index (κ1) is 11.5. The molecule has 0 aliphatic carbocycles. The predicted molar refractivity (Wildman–Crippen MR) is 40.4 cm³/mol. The van der Waals surface area contributed by atoms with E-state index in [1.807, 2.05) is 0 Å². The fourth-order valence-electron chi connectivity index (χ4n) is 0.650. The second-order valence-corrected chi connectivity index (χ2v) is 2.77. The molecule has 4 N–H and O–H groups in total. The van der Waals surface area contributed by atoms with E-state index < -0.39 is 30.2 Å². The van der Waals surface area contributed by atoms with Crippen molar-refractivity contribution >= 4 is 5.78 Å². The van der Waals surface area contributed by atoms with E-state index in [1.165, 1.54) is 13.8 Å². The summed E-state index contributed by atoms with van der Waals surface area (Å²) in [4.78, 5) is 10.9. The number of hydrogen-bond acceptors (Lipinski definition) is 5. The lowest BCUT2D eigenvalue weighted by molar-refractivity contribution is -0.145. The van der Waals surface area contributed by atoms with Crippen LogP contribution in [0.3, 0.4) is 0 Å². The first-order chi connectivity index (χ1) is 5.37. The van der Waals surface area contributed by atoms with Crippen LogP contribution >= 0.6 is 0 Å². The Labute approximate surface area is 70.3 Å². The Kier molecular flexibility index (Phi) is 4.33. The molecule has 0 bridgehead atoms. The van der Waals surface area contributed by atoms with Gasteiger partial charge in [-0.2, -0.15) is 0 Å². The first-order valence-corrected chi connectivity index (χ1v) is 3.64. The number of carbonyl (C=O) groups is 1. The van der Waals surface area contributed by atoms with Crippen LogP contribution in [0.4, 0.5) is 0 Å². The third kappa shape index (κ3) is 2.86. The molecule has 0 aromatic rings. The molecule has 0 heterocycles. The normalized spacial score (nSPS) is 21.2. The standard InChI is InChI=1S/C7H14O5/c1-3(8)5(10)7(12)6(11)4(2)9/h3-6,8-11H,1-2H3. The van der Waals surface area contributed by atoms with E-state index in [0.717, 1.165) is 0 Å². The predicted octanol–water partition coefficient (Wildman–Crippen LogP) is -1.96. The van der Waals surface area contributed by atoms with Gasteiger partial charge in [-0.15, -0.1) is 0 Å². The number of rotatable bonds is 4. The molecule has 0 aromatic heterocycles. The molecule has 0 spiro atoms. The molecule has 0 aliphatic heterocycles. The second-order valence-electron chi connectivity index (χ2n) is 2.77. The molecule has 0 fully saturated rings. The quantitative estimate of drug-likeness (QED) is 0.400. The zero-order valence-corrected chi connectivity index (χ0v) is 7.01. The second kappa shape index (κ2) is 4.51. The van der Waals surface area contributed by atoms with E-state index in [9.17, 15) is 4.79 Å². The minimum absolute atomic E-state index is 0.972. The molecule has 0 amide bonds. The van der Waals surface area contributed by atoms with E-state index in [1.54, 1.807) is 0 Å². The van der Waals surface area contributed by atoms with Gasteiger partial charge in [-0.25, -0.2) is 0 Å². The summed E-state index contributed by atoms with van der Waals surface area (Å²) in [7, 11) is 0. The summed E-state index contributed by atoms with van der Waals surface area (Å²) in [5.41, 5.74) is 0. The monoisotopic (exact) mass is 178 g/mol. The summed E-state index contributed by atoms with van der Waals surface area (Å²) >= 11 is 0. The van der Waals surface area contributed by atoms with Gasteiger partial charge in [0.25, 0.3) is 0 Å². The van der Waals surface area contributed by atoms with Crippen molar-refractivity contribution in [3.05, 3.63) is 0 Å². The maximum Gasteiger partial charge on any atom is 0.194 e. The number of aliphatic hydroxyl groups excluding tert-OH is 4. The summed E-state index contributed by atoms with van der Waals surface area (Å²) in [5, 5.41) is 35.4. The maximum absolute atomic E-state index is 10.9. The van der Waals surface area contributed by atoms with Gasteiger partial charge in [-0.05, 0) is 13.8 Å². The van der Waals surface area contributed by atoms with Crippen LogP contribution in [0.2, 0.25) is 0 Å². The zero-order valence-electron chi connectivity index (χ0n) is 7.01. The van der Waals surface area contributed by atoms with Crippen LogP contribution in [0.1, 0.15) is 13.8 Å². The molecule has 0 radical (unpaired) electrons. The Bertz CT molecular complexity index is 138. The lowest BCUT2D eigenvalue weighted by Crippen LogP contribution is -2.43. The Morgan fingerprint density at radius 3 is 1.33 bits per heavy atom. The van der Waals surface area contributed by atoms with Crippen molar-refractivity contribution in [3.63, 3.8) is 0 Å². The molecule has 72 valence electrons. The van der Waals surface area contributed by atoms with Gasteiger partial charge >= 0.3 is 0 Å². The van der Waals surface area contributed by atoms with Crippen LogP contribution in [-0.4, -0.2) is 50.6 Å². The molecular weight excluding hydrogens is 164 g/mol. The number of ketones is 1. The van der Waals surface area contributed by atoms with Gasteiger partial charge in [0.15, 0.2) is 5.78 Å². The SMILES string of the molecule is CC(O)C(O)C(=O)C(O)C(C)O. The molecule has 5 nitrogen and oxygen atoms in total. The summed E-state index contributed by atoms with van der Waals surface area (Å²) in [6, 6.07) is 0. The van der Waals surface area contributed by atoms with Crippen molar-refractivity contribution in [1.82, 2.24) is 0 Å². The van der Waals surface area contributed by atoms with Crippen molar-refractivity contribution in [2.24, 2.45) is 0 Å². The molecule has 5 heteroatoms. The van der Waals surface area contributed by atoms with Crippen molar-refractivity contribution in [2.75, 3.05) is 0 Å². The van der Waals surface area contributed by atoms with Crippen LogP contribution in [0.25, 0.3) is 0 Å². The van der Waals surface area contributed by atoms with E-state index in [-0.39, 0.29) is 0 Å². The Morgan fingerprint density at radius 2 is 1.17 bits per heavy atom. The Hall–Kier alpha value is -0.490. The lowest BCUT2D eigenvalue weighted by atomic mass is 10.0. The molecular formula is C7H14O5. The Morgan fingerprint density at radius 1 is 0.917 bits per heavy atom. The molecule has 0 rings (SSSR count). The van der Waals surface area contributed by atoms with Gasteiger partial charge in [-0.3, -0.25) is 4.79 Å². The average Bonchev–Trinajstić information content (AvgIpc) is 2.00. The highest BCUT2D eigenvalue weighted by Gasteiger charge is 2.29. The summed E-state index contributed by atoms with van der Waals surface area (Å²) in [6.07, 6.45) is -5.78. The van der Waals surface area contributed by atoms with Crippen LogP contribution in [-0.2, 0) is 4.79 Å². The number of aliphatic hydroxyl groups is 4. The fraction of sp³-hybridized carbons (Fsp3) is 0.857. The van der Waals surface area contributed by atoms with Crippen molar-refractivity contribution < 1.29 is 25.2 Å². The lowest BCUT2D eigenvalue weighted by Gasteiger charge is -2.18. The van der Waals surface area contributed by atoms with E-state index in [2.05, 4.69) is 0 Å². The van der Waals surface area contributed by atoms with Gasteiger partial charge in [0, 0.05) is 0 Å². The number of hydrogen-bond donors (Lipinski definition) is 4. The van der Waals surface area contributed by atoms with Crippen molar-refractivity contribution in [2.45, 2.75) is 38.3 Å². The molecule has 4 atom stereocenters. The minimum atomic E-state index is -1.64. The van der Waals surface area contributed by atoms with Gasteiger partial charge in [0.2, 0.25) is 0 Å². The van der Waals surface area contributed by atoms with E-state index >= 15 is 0 Å². The highest BCUT2D eigenvalue weighted by Crippen LogP contribution is 2.02. The molecule has 4 unspecified atom stereocenters. The Balaban J connectivity index is 4.19. The highest BCUT2D eigenvalue weighted by molar-refractivity contribution is 5.87. The fourth-order valence-corrected chi connectivity index (χ4v) is 0.650. The van der Waals surface area contributed by atoms with Crippen LogP contribution < -0.4 is 0 Å². The van der Waals surface area contributed by atoms with Crippen LogP contribution in [0, 0.1) is 0 Å². The topological polar surface area (TPSA) is 98.0 Å². The molecule has 12 heavy (non-hydrogen) atoms. The molecule has 0 aliphatic rings. The third-order valence-electron chi connectivity index (χ3n) is 1.50. The van der Waals surface area contributed by atoms with Gasteiger partial charge in [0.1, 0.15) is 12.2 Å². The number of Topliss-reactive ketones (excluding diaryl/α,β-unsaturated/α-hetero) is 1. The minimum Gasteiger partial charge on any atom is -0.390 e. The maximum atomic E-state index is 10.9. The third-order valence-corrected chi connectivity index (χ3v) is 1.50. The molecule has 0 saturated carbocycles. The average molecular weight is 178 g/mol.